The van der Waals surface area contributed by atoms with E-state index in [2.05, 4.69) is 5.32 Å². The molecule has 1 aromatic rings. The van der Waals surface area contributed by atoms with Gasteiger partial charge in [0.15, 0.2) is 0 Å². The van der Waals surface area contributed by atoms with Gasteiger partial charge in [-0.05, 0) is 39.3 Å². The minimum Gasteiger partial charge on any atom is -0.376 e. The highest BCUT2D eigenvalue weighted by atomic mass is 19.1. The van der Waals surface area contributed by atoms with Crippen molar-refractivity contribution in [3.05, 3.63) is 35.6 Å². The first-order chi connectivity index (χ1) is 8.40. The van der Waals surface area contributed by atoms with Gasteiger partial charge in [0.2, 0.25) is 0 Å². The number of nitrogens with one attached hydrogen (secondary N) is 1. The van der Waals surface area contributed by atoms with E-state index in [0.29, 0.717) is 19.6 Å². The first-order valence-corrected chi connectivity index (χ1v) is 6.07. The predicted octanol–water partition coefficient (Wildman–Crippen LogP) is 2.76. The topological polar surface area (TPSA) is 38.3 Å². The molecule has 0 bridgehead atoms. The van der Waals surface area contributed by atoms with Crippen molar-refractivity contribution in [2.75, 3.05) is 13.2 Å². The summed E-state index contributed by atoms with van der Waals surface area (Å²) < 4.78 is 18.8. The molecule has 1 aromatic carbocycles. The second kappa shape index (κ2) is 6.50. The van der Waals surface area contributed by atoms with Crippen molar-refractivity contribution >= 4 is 5.91 Å². The standard InChI is InChI=1S/C14H20FNO2/c1-14(2,3)18-10-6-9-16-13(17)11-7-4-5-8-12(11)15/h4-5,7-8H,6,9-10H2,1-3H3,(H,16,17). The van der Waals surface area contributed by atoms with Crippen LogP contribution in [0.3, 0.4) is 0 Å². The fraction of sp³-hybridized carbons (Fsp3) is 0.500. The van der Waals surface area contributed by atoms with E-state index in [9.17, 15) is 9.18 Å². The lowest BCUT2D eigenvalue weighted by molar-refractivity contribution is -0.00363. The van der Waals surface area contributed by atoms with Crippen LogP contribution in [0.1, 0.15) is 37.6 Å². The van der Waals surface area contributed by atoms with Gasteiger partial charge < -0.3 is 10.1 Å². The third-order valence-corrected chi connectivity index (χ3v) is 2.26. The van der Waals surface area contributed by atoms with Crippen LogP contribution < -0.4 is 5.32 Å². The van der Waals surface area contributed by atoms with Gasteiger partial charge in [-0.3, -0.25) is 4.79 Å². The molecule has 0 saturated heterocycles. The van der Waals surface area contributed by atoms with E-state index in [0.717, 1.165) is 0 Å². The Bertz CT molecular complexity index is 399. The Kier molecular flexibility index (Phi) is 5.28. The number of ether oxygens (including phenoxy) is 1. The number of carbonyl (C=O) groups is 1. The molecule has 100 valence electrons. The molecule has 0 heterocycles. The van der Waals surface area contributed by atoms with Gasteiger partial charge in [-0.15, -0.1) is 0 Å². The SMILES string of the molecule is CC(C)(C)OCCCNC(=O)c1ccccc1F. The average Bonchev–Trinajstić information content (AvgIpc) is 2.27. The zero-order chi connectivity index (χ0) is 13.6. The summed E-state index contributed by atoms with van der Waals surface area (Å²) >= 11 is 0. The van der Waals surface area contributed by atoms with Crippen LogP contribution in [-0.4, -0.2) is 24.7 Å². The number of rotatable bonds is 5. The molecule has 0 unspecified atom stereocenters. The predicted molar refractivity (Wildman–Crippen MR) is 69.1 cm³/mol. The Morgan fingerprint density at radius 1 is 1.33 bits per heavy atom. The lowest BCUT2D eigenvalue weighted by Gasteiger charge is -2.19. The zero-order valence-corrected chi connectivity index (χ0v) is 11.1. The molecule has 0 spiro atoms. The smallest absolute Gasteiger partial charge is 0.254 e. The molecule has 0 atom stereocenters. The normalized spacial score (nSPS) is 11.3. The van der Waals surface area contributed by atoms with Crippen molar-refractivity contribution in [2.45, 2.75) is 32.8 Å². The summed E-state index contributed by atoms with van der Waals surface area (Å²) in [7, 11) is 0. The Balaban J connectivity index is 2.28. The summed E-state index contributed by atoms with van der Waals surface area (Å²) in [4.78, 5) is 11.6. The number of halogens is 1. The third kappa shape index (κ3) is 5.27. The second-order valence-electron chi connectivity index (χ2n) is 5.05. The number of carbonyl (C=O) groups excluding carboxylic acids is 1. The molecule has 18 heavy (non-hydrogen) atoms. The van der Waals surface area contributed by atoms with Crippen LogP contribution in [0.4, 0.5) is 4.39 Å². The molecule has 0 aliphatic carbocycles. The van der Waals surface area contributed by atoms with Crippen molar-refractivity contribution in [3.8, 4) is 0 Å². The van der Waals surface area contributed by atoms with Crippen LogP contribution in [0.25, 0.3) is 0 Å². The maximum Gasteiger partial charge on any atom is 0.254 e. The van der Waals surface area contributed by atoms with Gasteiger partial charge in [-0.25, -0.2) is 4.39 Å². The number of hydrogen-bond donors (Lipinski definition) is 1. The summed E-state index contributed by atoms with van der Waals surface area (Å²) in [5.41, 5.74) is -0.0931. The number of hydrogen-bond acceptors (Lipinski definition) is 2. The molecule has 4 heteroatoms. The summed E-state index contributed by atoms with van der Waals surface area (Å²) in [6.45, 7) is 6.98. The molecule has 1 N–H and O–H groups in total. The summed E-state index contributed by atoms with van der Waals surface area (Å²) in [5.74, 6) is -0.884. The third-order valence-electron chi connectivity index (χ3n) is 2.26. The van der Waals surface area contributed by atoms with Gasteiger partial charge in [-0.2, -0.15) is 0 Å². The van der Waals surface area contributed by atoms with E-state index in [-0.39, 0.29) is 17.1 Å². The molecule has 3 nitrogen and oxygen atoms in total. The summed E-state index contributed by atoms with van der Waals surface area (Å²) in [6, 6.07) is 5.94. The molecular weight excluding hydrogens is 233 g/mol. The Hall–Kier alpha value is -1.42. The highest BCUT2D eigenvalue weighted by Gasteiger charge is 2.11. The van der Waals surface area contributed by atoms with Crippen molar-refractivity contribution < 1.29 is 13.9 Å². The second-order valence-corrected chi connectivity index (χ2v) is 5.05. The maximum atomic E-state index is 13.3. The van der Waals surface area contributed by atoms with E-state index >= 15 is 0 Å². The lowest BCUT2D eigenvalue weighted by Crippen LogP contribution is -2.27. The van der Waals surface area contributed by atoms with Crippen molar-refractivity contribution in [3.63, 3.8) is 0 Å². The van der Waals surface area contributed by atoms with E-state index < -0.39 is 5.82 Å². The van der Waals surface area contributed by atoms with Gasteiger partial charge in [-0.1, -0.05) is 12.1 Å². The fourth-order valence-electron chi connectivity index (χ4n) is 1.39. The van der Waals surface area contributed by atoms with Gasteiger partial charge in [0.05, 0.1) is 11.2 Å². The minimum atomic E-state index is -0.499. The highest BCUT2D eigenvalue weighted by Crippen LogP contribution is 2.07. The summed E-state index contributed by atoms with van der Waals surface area (Å²) in [5, 5.41) is 2.67. The quantitative estimate of drug-likeness (QED) is 0.819. The van der Waals surface area contributed by atoms with Crippen LogP contribution in [0.15, 0.2) is 24.3 Å². The first kappa shape index (κ1) is 14.6. The van der Waals surface area contributed by atoms with Crippen molar-refractivity contribution in [1.29, 1.82) is 0 Å². The molecule has 0 fully saturated rings. The van der Waals surface area contributed by atoms with E-state index in [1.165, 1.54) is 12.1 Å². The minimum absolute atomic E-state index is 0.0780. The van der Waals surface area contributed by atoms with E-state index in [1.54, 1.807) is 12.1 Å². The molecular formula is C14H20FNO2. The molecule has 1 rings (SSSR count). The lowest BCUT2D eigenvalue weighted by atomic mass is 10.2. The van der Waals surface area contributed by atoms with Gasteiger partial charge >= 0.3 is 0 Å². The molecule has 0 saturated carbocycles. The average molecular weight is 253 g/mol. The van der Waals surface area contributed by atoms with Gasteiger partial charge in [0.25, 0.3) is 5.91 Å². The number of amides is 1. The molecule has 1 amide bonds. The highest BCUT2D eigenvalue weighted by molar-refractivity contribution is 5.94. The maximum absolute atomic E-state index is 13.3. The monoisotopic (exact) mass is 253 g/mol. The van der Waals surface area contributed by atoms with Crippen molar-refractivity contribution in [2.24, 2.45) is 0 Å². The fourth-order valence-corrected chi connectivity index (χ4v) is 1.39. The molecule has 0 radical (unpaired) electrons. The number of benzene rings is 1. The van der Waals surface area contributed by atoms with E-state index in [1.807, 2.05) is 20.8 Å². The summed E-state index contributed by atoms with van der Waals surface area (Å²) in [6.07, 6.45) is 0.706. The van der Waals surface area contributed by atoms with E-state index in [4.69, 9.17) is 4.74 Å². The zero-order valence-electron chi connectivity index (χ0n) is 11.1. The van der Waals surface area contributed by atoms with Crippen LogP contribution in [-0.2, 0) is 4.74 Å². The Morgan fingerprint density at radius 3 is 2.61 bits per heavy atom. The van der Waals surface area contributed by atoms with Crippen LogP contribution in [0, 0.1) is 5.82 Å². The molecule has 0 aliphatic heterocycles. The van der Waals surface area contributed by atoms with Crippen molar-refractivity contribution in [1.82, 2.24) is 5.32 Å². The molecule has 0 aliphatic rings. The van der Waals surface area contributed by atoms with Gasteiger partial charge in [0.1, 0.15) is 5.82 Å². The van der Waals surface area contributed by atoms with Crippen LogP contribution in [0.2, 0.25) is 0 Å². The van der Waals surface area contributed by atoms with Crippen LogP contribution >= 0.6 is 0 Å². The van der Waals surface area contributed by atoms with Gasteiger partial charge in [0, 0.05) is 13.2 Å². The Morgan fingerprint density at radius 2 is 2.00 bits per heavy atom. The Labute approximate surface area is 107 Å². The molecule has 0 aromatic heterocycles. The first-order valence-electron chi connectivity index (χ1n) is 6.07. The largest absolute Gasteiger partial charge is 0.376 e. The van der Waals surface area contributed by atoms with Crippen LogP contribution in [0.5, 0.6) is 0 Å².